The molecule has 0 aliphatic heterocycles. The predicted molar refractivity (Wildman–Crippen MR) is 86.5 cm³/mol. The molecule has 0 aliphatic carbocycles. The van der Waals surface area contributed by atoms with E-state index in [0.29, 0.717) is 0 Å². The highest BCUT2D eigenvalue weighted by Gasteiger charge is 2.11. The predicted octanol–water partition coefficient (Wildman–Crippen LogP) is 4.47. The summed E-state index contributed by atoms with van der Waals surface area (Å²) in [5, 5.41) is 0. The largest absolute Gasteiger partial charge is 0.346 e. The van der Waals surface area contributed by atoms with Crippen molar-refractivity contribution in [3.05, 3.63) is 36.2 Å². The summed E-state index contributed by atoms with van der Waals surface area (Å²) in [5.41, 5.74) is 4.98. The summed E-state index contributed by atoms with van der Waals surface area (Å²) in [4.78, 5) is 15.9. The van der Waals surface area contributed by atoms with E-state index in [4.69, 9.17) is 0 Å². The first kappa shape index (κ1) is 13.9. The van der Waals surface area contributed by atoms with E-state index >= 15 is 0 Å². The van der Waals surface area contributed by atoms with Crippen molar-refractivity contribution >= 4 is 30.1 Å². The second kappa shape index (κ2) is 5.65. The molecule has 0 atom stereocenters. The molecule has 0 bridgehead atoms. The van der Waals surface area contributed by atoms with E-state index in [9.17, 15) is 0 Å². The zero-order chi connectivity index (χ0) is 14.7. The molecule has 2 aromatic heterocycles. The number of aromatic nitrogens is 2. The average molecular weight is 266 g/mol. The number of aliphatic imine (C=N–C) groups is 2. The molecule has 0 aliphatic rings. The molecule has 0 spiro atoms. The maximum Gasteiger partial charge on any atom is 0.154 e. The normalized spacial score (nSPS) is 10.2. The van der Waals surface area contributed by atoms with Gasteiger partial charge in [0.25, 0.3) is 0 Å². The molecule has 0 fully saturated rings. The van der Waals surface area contributed by atoms with Crippen LogP contribution in [0.15, 0.2) is 35.0 Å². The van der Waals surface area contributed by atoms with Crippen LogP contribution in [0.5, 0.6) is 0 Å². The zero-order valence-corrected chi connectivity index (χ0v) is 12.1. The fraction of sp³-hybridized carbons (Fsp3) is 0.188. The van der Waals surface area contributed by atoms with Crippen molar-refractivity contribution < 1.29 is 0 Å². The Morgan fingerprint density at radius 2 is 2.15 bits per heavy atom. The van der Waals surface area contributed by atoms with Crippen LogP contribution < -0.4 is 0 Å². The fourth-order valence-electron chi connectivity index (χ4n) is 2.04. The van der Waals surface area contributed by atoms with Gasteiger partial charge < -0.3 is 4.98 Å². The lowest BCUT2D eigenvalue weighted by Crippen LogP contribution is -1.87. The van der Waals surface area contributed by atoms with E-state index in [1.54, 1.807) is 6.08 Å². The molecular weight excluding hydrogens is 248 g/mol. The molecule has 2 aromatic rings. The highest BCUT2D eigenvalue weighted by molar-refractivity contribution is 5.83. The third-order valence-electron chi connectivity index (χ3n) is 2.95. The van der Waals surface area contributed by atoms with Gasteiger partial charge in [-0.25, -0.2) is 15.0 Å². The van der Waals surface area contributed by atoms with Crippen LogP contribution in [0.4, 0.5) is 11.6 Å². The van der Waals surface area contributed by atoms with Crippen molar-refractivity contribution in [3.8, 4) is 11.1 Å². The number of aryl methyl sites for hydroxylation is 1. The van der Waals surface area contributed by atoms with Crippen LogP contribution >= 0.6 is 0 Å². The van der Waals surface area contributed by atoms with Crippen molar-refractivity contribution in [1.82, 2.24) is 9.97 Å². The van der Waals surface area contributed by atoms with E-state index in [-0.39, 0.29) is 0 Å². The Hall–Kier alpha value is -2.49. The second-order valence-corrected chi connectivity index (χ2v) is 4.75. The Morgan fingerprint density at radius 1 is 1.40 bits per heavy atom. The molecule has 20 heavy (non-hydrogen) atoms. The number of aromatic amines is 1. The minimum Gasteiger partial charge on any atom is -0.346 e. The van der Waals surface area contributed by atoms with Crippen LogP contribution in [-0.2, 0) is 0 Å². The SMILES string of the molecule is C=Cc1c(-c2cnc(N=C(C)C)c(C)c2)c[nH]c1N=C. The quantitative estimate of drug-likeness (QED) is 0.815. The minimum absolute atomic E-state index is 0.721. The molecule has 2 rings (SSSR count). The third-order valence-corrected chi connectivity index (χ3v) is 2.95. The van der Waals surface area contributed by atoms with Gasteiger partial charge in [-0.1, -0.05) is 12.7 Å². The Balaban J connectivity index is 2.52. The van der Waals surface area contributed by atoms with E-state index in [2.05, 4.69) is 39.3 Å². The van der Waals surface area contributed by atoms with Crippen LogP contribution in [0.1, 0.15) is 25.0 Å². The molecule has 102 valence electrons. The fourth-order valence-corrected chi connectivity index (χ4v) is 2.04. The lowest BCUT2D eigenvalue weighted by molar-refractivity contribution is 1.22. The first-order valence-electron chi connectivity index (χ1n) is 6.36. The van der Waals surface area contributed by atoms with Crippen molar-refractivity contribution in [1.29, 1.82) is 0 Å². The number of hydrogen-bond donors (Lipinski definition) is 1. The van der Waals surface area contributed by atoms with Crippen LogP contribution in [0, 0.1) is 6.92 Å². The topological polar surface area (TPSA) is 53.4 Å². The molecule has 0 unspecified atom stereocenters. The molecule has 2 heterocycles. The molecule has 4 nitrogen and oxygen atoms in total. The first-order chi connectivity index (χ1) is 9.56. The number of pyridine rings is 1. The lowest BCUT2D eigenvalue weighted by Gasteiger charge is -2.05. The summed E-state index contributed by atoms with van der Waals surface area (Å²) in [5.74, 6) is 1.48. The Labute approximate surface area is 119 Å². The first-order valence-corrected chi connectivity index (χ1v) is 6.36. The standard InChI is InChI=1S/C16H18N4/c1-6-13-14(9-19-16(13)17-5)12-7-11(4)15(18-8-12)20-10(2)3/h6-9,19H,1,5H2,2-4H3. The minimum atomic E-state index is 0.721. The van der Waals surface area contributed by atoms with Crippen LogP contribution in [0.25, 0.3) is 17.2 Å². The summed E-state index contributed by atoms with van der Waals surface area (Å²) in [6.45, 7) is 13.3. The van der Waals surface area contributed by atoms with E-state index < -0.39 is 0 Å². The monoisotopic (exact) mass is 266 g/mol. The van der Waals surface area contributed by atoms with Gasteiger partial charge in [-0.3, -0.25) is 0 Å². The van der Waals surface area contributed by atoms with Crippen molar-refractivity contribution in [2.75, 3.05) is 0 Å². The third kappa shape index (κ3) is 2.59. The Kier molecular flexibility index (Phi) is 3.94. The maximum absolute atomic E-state index is 4.42. The molecule has 0 radical (unpaired) electrons. The van der Waals surface area contributed by atoms with Gasteiger partial charge in [0.1, 0.15) is 5.82 Å². The number of nitrogens with one attached hydrogen (secondary N) is 1. The zero-order valence-electron chi connectivity index (χ0n) is 12.1. The van der Waals surface area contributed by atoms with Gasteiger partial charge >= 0.3 is 0 Å². The van der Waals surface area contributed by atoms with Gasteiger partial charge in [0.05, 0.1) is 0 Å². The summed E-state index contributed by atoms with van der Waals surface area (Å²) in [7, 11) is 0. The number of nitrogens with zero attached hydrogens (tertiary/aromatic N) is 3. The molecule has 0 saturated heterocycles. The molecule has 0 aromatic carbocycles. The van der Waals surface area contributed by atoms with Gasteiger partial charge in [0, 0.05) is 34.8 Å². The van der Waals surface area contributed by atoms with Crippen molar-refractivity contribution in [3.63, 3.8) is 0 Å². The number of H-pyrrole nitrogens is 1. The van der Waals surface area contributed by atoms with Gasteiger partial charge in [-0.2, -0.15) is 0 Å². The van der Waals surface area contributed by atoms with Gasteiger partial charge in [-0.05, 0) is 39.1 Å². The van der Waals surface area contributed by atoms with Gasteiger partial charge in [0.15, 0.2) is 5.82 Å². The average Bonchev–Trinajstić information content (AvgIpc) is 2.83. The van der Waals surface area contributed by atoms with Crippen LogP contribution in [-0.4, -0.2) is 22.4 Å². The molecular formula is C16H18N4. The number of hydrogen-bond acceptors (Lipinski definition) is 3. The molecule has 0 amide bonds. The molecule has 1 N–H and O–H groups in total. The summed E-state index contributed by atoms with van der Waals surface area (Å²) in [6.07, 6.45) is 5.48. The second-order valence-electron chi connectivity index (χ2n) is 4.75. The van der Waals surface area contributed by atoms with E-state index in [1.807, 2.05) is 33.2 Å². The summed E-state index contributed by atoms with van der Waals surface area (Å²) >= 11 is 0. The summed E-state index contributed by atoms with van der Waals surface area (Å²) < 4.78 is 0. The van der Waals surface area contributed by atoms with Gasteiger partial charge in [0.2, 0.25) is 0 Å². The smallest absolute Gasteiger partial charge is 0.154 e. The molecule has 0 saturated carbocycles. The Morgan fingerprint density at radius 3 is 2.70 bits per heavy atom. The van der Waals surface area contributed by atoms with Crippen LogP contribution in [0.2, 0.25) is 0 Å². The maximum atomic E-state index is 4.42. The summed E-state index contributed by atoms with van der Waals surface area (Å²) in [6, 6.07) is 2.07. The van der Waals surface area contributed by atoms with Gasteiger partial charge in [-0.15, -0.1) is 0 Å². The Bertz CT molecular complexity index is 688. The molecule has 4 heteroatoms. The van der Waals surface area contributed by atoms with E-state index in [1.165, 1.54) is 0 Å². The van der Waals surface area contributed by atoms with E-state index in [0.717, 1.165) is 39.6 Å². The number of rotatable bonds is 4. The van der Waals surface area contributed by atoms with Crippen molar-refractivity contribution in [2.45, 2.75) is 20.8 Å². The highest BCUT2D eigenvalue weighted by Crippen LogP contribution is 2.32. The van der Waals surface area contributed by atoms with Crippen molar-refractivity contribution in [2.24, 2.45) is 9.98 Å². The highest BCUT2D eigenvalue weighted by atomic mass is 14.9. The van der Waals surface area contributed by atoms with Crippen LogP contribution in [0.3, 0.4) is 0 Å². The lowest BCUT2D eigenvalue weighted by atomic mass is 10.0.